The van der Waals surface area contributed by atoms with Crippen LogP contribution in [0.4, 0.5) is 0 Å². The Balaban J connectivity index is 1.58. The van der Waals surface area contributed by atoms with Gasteiger partial charge in [0.15, 0.2) is 0 Å². The first-order chi connectivity index (χ1) is 11.6. The van der Waals surface area contributed by atoms with E-state index in [0.717, 1.165) is 50.3 Å². The average Bonchev–Trinajstić information content (AvgIpc) is 3.42. The lowest BCUT2D eigenvalue weighted by atomic mass is 9.95. The monoisotopic (exact) mass is 326 g/mol. The molecule has 1 aromatic carbocycles. The molecule has 2 aromatic rings. The molecule has 0 unspecified atom stereocenters. The Kier molecular flexibility index (Phi) is 3.75. The van der Waals surface area contributed by atoms with Gasteiger partial charge in [0.05, 0.1) is 5.69 Å². The van der Waals surface area contributed by atoms with E-state index in [9.17, 15) is 9.59 Å². The van der Waals surface area contributed by atoms with Crippen LogP contribution in [-0.2, 0) is 11.8 Å². The molecule has 1 aromatic heterocycles. The van der Waals surface area contributed by atoms with Crippen LogP contribution in [0.3, 0.4) is 0 Å². The minimum absolute atomic E-state index is 0.118. The maximum absolute atomic E-state index is 12.5. The Bertz CT molecular complexity index is 796. The van der Waals surface area contributed by atoms with E-state index in [2.05, 4.69) is 5.10 Å². The Morgan fingerprint density at radius 1 is 1.08 bits per heavy atom. The van der Waals surface area contributed by atoms with Crippen molar-refractivity contribution < 1.29 is 4.79 Å². The maximum atomic E-state index is 12.5. The molecular formula is C18H22N4O2. The summed E-state index contributed by atoms with van der Waals surface area (Å²) in [6.07, 6.45) is 3.82. The molecule has 6 nitrogen and oxygen atoms in total. The molecule has 0 atom stereocenters. The number of likely N-dealkylation sites (tertiary alicyclic amines) is 1. The SMILES string of the molecule is Cn1nc(C2CCN(C(=O)C3CC3)CC2)n(-c2ccccc2)c1=O. The van der Waals surface area contributed by atoms with Gasteiger partial charge in [0.25, 0.3) is 0 Å². The summed E-state index contributed by atoms with van der Waals surface area (Å²) < 4.78 is 3.12. The zero-order chi connectivity index (χ0) is 16.7. The van der Waals surface area contributed by atoms with E-state index in [-0.39, 0.29) is 17.5 Å². The number of piperidine rings is 1. The molecule has 0 radical (unpaired) electrons. The second-order valence-corrected chi connectivity index (χ2v) is 6.81. The first kappa shape index (κ1) is 15.2. The van der Waals surface area contributed by atoms with Gasteiger partial charge in [-0.1, -0.05) is 18.2 Å². The Labute approximate surface area is 140 Å². The molecule has 2 aliphatic rings. The first-order valence-corrected chi connectivity index (χ1v) is 8.65. The molecule has 24 heavy (non-hydrogen) atoms. The third-order valence-corrected chi connectivity index (χ3v) is 5.06. The Morgan fingerprint density at radius 3 is 2.38 bits per heavy atom. The third-order valence-electron chi connectivity index (χ3n) is 5.06. The van der Waals surface area contributed by atoms with Crippen LogP contribution in [-0.4, -0.2) is 38.2 Å². The zero-order valence-electron chi connectivity index (χ0n) is 13.9. The zero-order valence-corrected chi connectivity index (χ0v) is 13.9. The predicted molar refractivity (Wildman–Crippen MR) is 90.1 cm³/mol. The van der Waals surface area contributed by atoms with Crippen LogP contribution in [0.25, 0.3) is 5.69 Å². The molecule has 0 N–H and O–H groups in total. The number of carbonyl (C=O) groups excluding carboxylic acids is 1. The summed E-state index contributed by atoms with van der Waals surface area (Å²) >= 11 is 0. The quantitative estimate of drug-likeness (QED) is 0.862. The highest BCUT2D eigenvalue weighted by Crippen LogP contribution is 2.34. The molecule has 4 rings (SSSR count). The number of hydrogen-bond donors (Lipinski definition) is 0. The van der Waals surface area contributed by atoms with Crippen LogP contribution < -0.4 is 5.69 Å². The fraction of sp³-hybridized carbons (Fsp3) is 0.500. The van der Waals surface area contributed by atoms with E-state index < -0.39 is 0 Å². The molecular weight excluding hydrogens is 304 g/mol. The highest BCUT2D eigenvalue weighted by atomic mass is 16.2. The summed E-state index contributed by atoms with van der Waals surface area (Å²) in [6, 6.07) is 9.65. The van der Waals surface area contributed by atoms with Crippen LogP contribution in [0.1, 0.15) is 37.4 Å². The Morgan fingerprint density at radius 2 is 1.75 bits per heavy atom. The Hall–Kier alpha value is -2.37. The molecule has 1 aliphatic carbocycles. The number of amides is 1. The van der Waals surface area contributed by atoms with Crippen LogP contribution in [0, 0.1) is 5.92 Å². The molecule has 1 saturated carbocycles. The summed E-state index contributed by atoms with van der Waals surface area (Å²) in [6.45, 7) is 1.53. The molecule has 2 fully saturated rings. The van der Waals surface area contributed by atoms with Gasteiger partial charge < -0.3 is 4.90 Å². The lowest BCUT2D eigenvalue weighted by molar-refractivity contribution is -0.133. The molecule has 0 bridgehead atoms. The number of nitrogens with zero attached hydrogens (tertiary/aromatic N) is 4. The largest absolute Gasteiger partial charge is 0.350 e. The number of benzene rings is 1. The van der Waals surface area contributed by atoms with Gasteiger partial charge in [0, 0.05) is 32.0 Å². The first-order valence-electron chi connectivity index (χ1n) is 8.65. The van der Waals surface area contributed by atoms with E-state index in [1.165, 1.54) is 4.68 Å². The van der Waals surface area contributed by atoms with Crippen molar-refractivity contribution in [2.24, 2.45) is 13.0 Å². The van der Waals surface area contributed by atoms with Gasteiger partial charge in [0.1, 0.15) is 5.82 Å². The summed E-state index contributed by atoms with van der Waals surface area (Å²) in [7, 11) is 1.69. The standard InChI is InChI=1S/C18H22N4O2/c1-20-18(24)22(15-5-3-2-4-6-15)16(19-20)13-9-11-21(12-10-13)17(23)14-7-8-14/h2-6,13-14H,7-12H2,1H3. The van der Waals surface area contributed by atoms with Crippen molar-refractivity contribution in [1.82, 2.24) is 19.2 Å². The minimum Gasteiger partial charge on any atom is -0.342 e. The van der Waals surface area contributed by atoms with Crippen LogP contribution in [0.2, 0.25) is 0 Å². The molecule has 1 aliphatic heterocycles. The minimum atomic E-state index is -0.118. The summed E-state index contributed by atoms with van der Waals surface area (Å²) in [5.41, 5.74) is 0.731. The fourth-order valence-electron chi connectivity index (χ4n) is 3.51. The van der Waals surface area contributed by atoms with Crippen molar-refractivity contribution in [2.75, 3.05) is 13.1 Å². The van der Waals surface area contributed by atoms with E-state index in [4.69, 9.17) is 0 Å². The van der Waals surface area contributed by atoms with Gasteiger partial charge in [-0.2, -0.15) is 5.10 Å². The molecule has 126 valence electrons. The molecule has 1 saturated heterocycles. The summed E-state index contributed by atoms with van der Waals surface area (Å²) in [5, 5.41) is 4.49. The van der Waals surface area contributed by atoms with Crippen LogP contribution in [0.15, 0.2) is 35.1 Å². The predicted octanol–water partition coefficient (Wildman–Crippen LogP) is 1.69. The molecule has 1 amide bonds. The van der Waals surface area contributed by atoms with Gasteiger partial charge >= 0.3 is 5.69 Å². The van der Waals surface area contributed by atoms with Crippen molar-refractivity contribution in [3.8, 4) is 5.69 Å². The van der Waals surface area contributed by atoms with E-state index in [1.54, 1.807) is 11.6 Å². The van der Waals surface area contributed by atoms with Gasteiger partial charge in [-0.25, -0.2) is 14.0 Å². The normalized spacial score (nSPS) is 18.8. The van der Waals surface area contributed by atoms with Crippen molar-refractivity contribution in [3.05, 3.63) is 46.6 Å². The van der Waals surface area contributed by atoms with Gasteiger partial charge in [0.2, 0.25) is 5.91 Å². The van der Waals surface area contributed by atoms with Crippen molar-refractivity contribution in [2.45, 2.75) is 31.6 Å². The van der Waals surface area contributed by atoms with Crippen LogP contribution >= 0.6 is 0 Å². The van der Waals surface area contributed by atoms with E-state index >= 15 is 0 Å². The van der Waals surface area contributed by atoms with Gasteiger partial charge in [-0.3, -0.25) is 4.79 Å². The number of para-hydroxylation sites is 1. The molecule has 0 spiro atoms. The second kappa shape index (κ2) is 5.92. The lowest BCUT2D eigenvalue weighted by Crippen LogP contribution is -2.39. The topological polar surface area (TPSA) is 60.1 Å². The molecule has 6 heteroatoms. The highest BCUT2D eigenvalue weighted by molar-refractivity contribution is 5.81. The lowest BCUT2D eigenvalue weighted by Gasteiger charge is -2.31. The second-order valence-electron chi connectivity index (χ2n) is 6.81. The van der Waals surface area contributed by atoms with E-state index in [1.807, 2.05) is 35.2 Å². The summed E-state index contributed by atoms with van der Waals surface area (Å²) in [4.78, 5) is 26.7. The fourth-order valence-corrected chi connectivity index (χ4v) is 3.51. The maximum Gasteiger partial charge on any atom is 0.350 e. The number of hydrogen-bond acceptors (Lipinski definition) is 3. The van der Waals surface area contributed by atoms with Gasteiger partial charge in [-0.05, 0) is 37.8 Å². The van der Waals surface area contributed by atoms with Crippen molar-refractivity contribution in [3.63, 3.8) is 0 Å². The molecule has 2 heterocycles. The third kappa shape index (κ3) is 2.66. The van der Waals surface area contributed by atoms with E-state index in [0.29, 0.717) is 5.91 Å². The number of carbonyl (C=O) groups is 1. The number of aryl methyl sites for hydroxylation is 1. The number of rotatable bonds is 3. The number of aromatic nitrogens is 3. The summed E-state index contributed by atoms with van der Waals surface area (Å²) in [5.74, 6) is 1.61. The van der Waals surface area contributed by atoms with Crippen molar-refractivity contribution in [1.29, 1.82) is 0 Å². The van der Waals surface area contributed by atoms with Gasteiger partial charge in [-0.15, -0.1) is 0 Å². The van der Waals surface area contributed by atoms with Crippen molar-refractivity contribution >= 4 is 5.91 Å². The average molecular weight is 326 g/mol. The van der Waals surface area contributed by atoms with Crippen LogP contribution in [0.5, 0.6) is 0 Å². The highest BCUT2D eigenvalue weighted by Gasteiger charge is 2.36. The smallest absolute Gasteiger partial charge is 0.342 e.